The molecule has 1 heterocycles. The molecule has 0 saturated carbocycles. The van der Waals surface area contributed by atoms with Gasteiger partial charge < -0.3 is 10.1 Å². The molecule has 0 radical (unpaired) electrons. The minimum atomic E-state index is -0.339. The first-order valence-corrected chi connectivity index (χ1v) is 12.2. The van der Waals surface area contributed by atoms with E-state index in [1.54, 1.807) is 7.11 Å². The summed E-state index contributed by atoms with van der Waals surface area (Å²) in [7, 11) is 1.62. The first kappa shape index (κ1) is 23.9. The zero-order chi connectivity index (χ0) is 25.1. The van der Waals surface area contributed by atoms with E-state index in [0.717, 1.165) is 28.0 Å². The van der Waals surface area contributed by atoms with E-state index in [1.165, 1.54) is 5.01 Å². The van der Waals surface area contributed by atoms with Gasteiger partial charge in [-0.05, 0) is 53.1 Å². The number of methoxy groups -OCH3 is 1. The largest absolute Gasteiger partial charge is 0.496 e. The van der Waals surface area contributed by atoms with E-state index in [9.17, 15) is 4.79 Å². The number of carbonyl (C=O) groups is 1. The Morgan fingerprint density at radius 3 is 2.22 bits per heavy atom. The van der Waals surface area contributed by atoms with E-state index < -0.39 is 0 Å². The van der Waals surface area contributed by atoms with Gasteiger partial charge in [0.15, 0.2) is 0 Å². The van der Waals surface area contributed by atoms with Crippen LogP contribution in [0.2, 0.25) is 10.0 Å². The van der Waals surface area contributed by atoms with E-state index in [4.69, 9.17) is 33.0 Å². The smallest absolute Gasteiger partial charge is 0.342 e. The summed E-state index contributed by atoms with van der Waals surface area (Å²) in [5.74, 6) is 0.667. The second kappa shape index (κ2) is 10.4. The van der Waals surface area contributed by atoms with Crippen molar-refractivity contribution in [2.24, 2.45) is 5.10 Å². The number of anilines is 1. The van der Waals surface area contributed by atoms with Crippen LogP contribution < -0.4 is 10.1 Å². The van der Waals surface area contributed by atoms with Crippen LogP contribution in [0.3, 0.4) is 0 Å². The number of nitrogens with one attached hydrogen (secondary N) is 1. The molecule has 180 valence electrons. The van der Waals surface area contributed by atoms with E-state index >= 15 is 0 Å². The van der Waals surface area contributed by atoms with Crippen molar-refractivity contribution in [1.29, 1.82) is 0 Å². The Bertz CT molecular complexity index is 1410. The van der Waals surface area contributed by atoms with Crippen LogP contribution in [0.4, 0.5) is 10.5 Å². The van der Waals surface area contributed by atoms with Crippen molar-refractivity contribution in [3.63, 3.8) is 0 Å². The second-order valence-corrected chi connectivity index (χ2v) is 9.25. The van der Waals surface area contributed by atoms with Crippen molar-refractivity contribution in [1.82, 2.24) is 5.01 Å². The standard InChI is InChI=1S/C29H23Cl2N3O2/c1-36-28-17-24(15-16-25(28)19-5-3-2-4-6-19)32-29(35)34-27(21-9-13-23(31)14-10-21)18-26(33-34)20-7-11-22(30)12-8-20/h2-17,27H,18H2,1H3,(H,32,35)/t27-/m1/s1. The number of carbonyl (C=O) groups excluding carboxylic acids is 1. The van der Waals surface area contributed by atoms with Gasteiger partial charge in [-0.25, -0.2) is 9.80 Å². The van der Waals surface area contributed by atoms with Crippen LogP contribution in [-0.2, 0) is 0 Å². The number of benzene rings is 4. The SMILES string of the molecule is COc1cc(NC(=O)N2N=C(c3ccc(Cl)cc3)C[C@@H]2c2ccc(Cl)cc2)ccc1-c1ccccc1. The first-order chi connectivity index (χ1) is 17.5. The number of rotatable bonds is 5. The molecule has 0 saturated heterocycles. The van der Waals surface area contributed by atoms with Crippen LogP contribution in [0.25, 0.3) is 11.1 Å². The Labute approximate surface area is 219 Å². The Balaban J connectivity index is 1.44. The summed E-state index contributed by atoms with van der Waals surface area (Å²) in [5.41, 5.74) is 5.26. The molecule has 0 unspecified atom stereocenters. The average Bonchev–Trinajstić information content (AvgIpc) is 3.35. The fourth-order valence-corrected chi connectivity index (χ4v) is 4.52. The lowest BCUT2D eigenvalue weighted by atomic mass is 9.98. The van der Waals surface area contributed by atoms with E-state index in [-0.39, 0.29) is 12.1 Å². The third kappa shape index (κ3) is 5.08. The molecule has 5 nitrogen and oxygen atoms in total. The lowest BCUT2D eigenvalue weighted by Gasteiger charge is -2.22. The number of halogens is 2. The summed E-state index contributed by atoms with van der Waals surface area (Å²) >= 11 is 12.2. The molecule has 1 aliphatic rings. The molecule has 1 N–H and O–H groups in total. The highest BCUT2D eigenvalue weighted by Crippen LogP contribution is 2.36. The molecule has 5 rings (SSSR count). The van der Waals surface area contributed by atoms with Crippen LogP contribution in [-0.4, -0.2) is 23.9 Å². The van der Waals surface area contributed by atoms with Crippen LogP contribution in [0, 0.1) is 0 Å². The molecule has 0 aliphatic carbocycles. The molecule has 4 aromatic rings. The topological polar surface area (TPSA) is 53.9 Å². The third-order valence-electron chi connectivity index (χ3n) is 6.09. The van der Waals surface area contributed by atoms with Crippen LogP contribution in [0.5, 0.6) is 5.75 Å². The van der Waals surface area contributed by atoms with Crippen LogP contribution in [0.15, 0.2) is 102 Å². The minimum Gasteiger partial charge on any atom is -0.496 e. The van der Waals surface area contributed by atoms with Crippen molar-refractivity contribution < 1.29 is 9.53 Å². The highest BCUT2D eigenvalue weighted by atomic mass is 35.5. The Morgan fingerprint density at radius 1 is 0.889 bits per heavy atom. The maximum Gasteiger partial charge on any atom is 0.342 e. The average molecular weight is 516 g/mol. The quantitative estimate of drug-likeness (QED) is 0.292. The maximum absolute atomic E-state index is 13.5. The van der Waals surface area contributed by atoms with Crippen LogP contribution in [0.1, 0.15) is 23.6 Å². The Morgan fingerprint density at radius 2 is 1.56 bits per heavy atom. The summed E-state index contributed by atoms with van der Waals surface area (Å²) in [6.07, 6.45) is 0.562. The lowest BCUT2D eigenvalue weighted by molar-refractivity contribution is 0.200. The molecule has 0 bridgehead atoms. The van der Waals surface area contributed by atoms with Gasteiger partial charge in [0, 0.05) is 33.8 Å². The van der Waals surface area contributed by atoms with Gasteiger partial charge in [-0.1, -0.05) is 77.8 Å². The Kier molecular flexibility index (Phi) is 6.94. The highest BCUT2D eigenvalue weighted by Gasteiger charge is 2.33. The summed E-state index contributed by atoms with van der Waals surface area (Å²) in [4.78, 5) is 13.5. The first-order valence-electron chi connectivity index (χ1n) is 11.4. The van der Waals surface area contributed by atoms with Gasteiger partial charge >= 0.3 is 6.03 Å². The van der Waals surface area contributed by atoms with Crippen molar-refractivity contribution in [2.75, 3.05) is 12.4 Å². The van der Waals surface area contributed by atoms with Gasteiger partial charge in [-0.15, -0.1) is 0 Å². The monoisotopic (exact) mass is 515 g/mol. The van der Waals surface area contributed by atoms with E-state index in [0.29, 0.717) is 27.9 Å². The van der Waals surface area contributed by atoms with Gasteiger partial charge in [0.2, 0.25) is 0 Å². The molecule has 36 heavy (non-hydrogen) atoms. The van der Waals surface area contributed by atoms with Crippen molar-refractivity contribution in [3.05, 3.63) is 118 Å². The molecule has 0 spiro atoms. The number of hydrogen-bond donors (Lipinski definition) is 1. The van der Waals surface area contributed by atoms with Crippen molar-refractivity contribution in [3.8, 4) is 16.9 Å². The minimum absolute atomic E-state index is 0.279. The van der Waals surface area contributed by atoms with Crippen molar-refractivity contribution in [2.45, 2.75) is 12.5 Å². The molecule has 4 aromatic carbocycles. The fraction of sp³-hybridized carbons (Fsp3) is 0.103. The van der Waals surface area contributed by atoms with Crippen LogP contribution >= 0.6 is 23.2 Å². The van der Waals surface area contributed by atoms with Gasteiger partial charge in [0.05, 0.1) is 18.9 Å². The summed E-state index contributed by atoms with van der Waals surface area (Å²) in [6.45, 7) is 0. The van der Waals surface area contributed by atoms with E-state index in [1.807, 2.05) is 97.1 Å². The highest BCUT2D eigenvalue weighted by molar-refractivity contribution is 6.31. The second-order valence-electron chi connectivity index (χ2n) is 8.38. The molecular weight excluding hydrogens is 493 g/mol. The fourth-order valence-electron chi connectivity index (χ4n) is 4.26. The molecule has 1 aliphatic heterocycles. The summed E-state index contributed by atoms with van der Waals surface area (Å²) in [5, 5.41) is 10.5. The maximum atomic E-state index is 13.5. The van der Waals surface area contributed by atoms with Gasteiger partial charge in [0.1, 0.15) is 5.75 Å². The number of urea groups is 1. The van der Waals surface area contributed by atoms with E-state index in [2.05, 4.69) is 5.32 Å². The molecule has 1 atom stereocenters. The predicted molar refractivity (Wildman–Crippen MR) is 146 cm³/mol. The van der Waals surface area contributed by atoms with Gasteiger partial charge in [-0.2, -0.15) is 5.10 Å². The zero-order valence-corrected chi connectivity index (χ0v) is 21.0. The number of amides is 2. The summed E-state index contributed by atoms with van der Waals surface area (Å²) in [6, 6.07) is 29.9. The molecule has 7 heteroatoms. The number of ether oxygens (including phenoxy) is 1. The van der Waals surface area contributed by atoms with Gasteiger partial charge in [-0.3, -0.25) is 0 Å². The number of hydrazone groups is 1. The summed E-state index contributed by atoms with van der Waals surface area (Å²) < 4.78 is 5.62. The lowest BCUT2D eigenvalue weighted by Crippen LogP contribution is -2.31. The van der Waals surface area contributed by atoms with Gasteiger partial charge in [0.25, 0.3) is 0 Å². The molecule has 0 aromatic heterocycles. The number of nitrogens with zero attached hydrogens (tertiary/aromatic N) is 2. The Hall–Kier alpha value is -3.80. The van der Waals surface area contributed by atoms with Crippen molar-refractivity contribution >= 4 is 40.6 Å². The molecule has 2 amide bonds. The third-order valence-corrected chi connectivity index (χ3v) is 6.59. The zero-order valence-electron chi connectivity index (χ0n) is 19.5. The number of hydrogen-bond acceptors (Lipinski definition) is 3. The molecule has 0 fully saturated rings. The molecular formula is C29H23Cl2N3O2. The normalized spacial score (nSPS) is 14.9. The predicted octanol–water partition coefficient (Wildman–Crippen LogP) is 8.05.